The van der Waals surface area contributed by atoms with E-state index in [1.165, 1.54) is 25.3 Å². The molecule has 17 heteroatoms. The molecule has 5 rings (SSSR count). The second-order valence-corrected chi connectivity index (χ2v) is 19.7. The van der Waals surface area contributed by atoms with Gasteiger partial charge in [-0.1, -0.05) is 43.0 Å². The monoisotopic (exact) mass is 680 g/mol. The standard InChI is InChI=1S/C29H35F3N6O6SSi/c1-41-13-15-45(39,40)38(18-42-14-16-46(2,3)4)26-28(35-22-8-6-5-7-21(22)34-26)43-24(29(30,31)32)20-11-12-23(33-17-20)25-36-27(44-37-25)19-9-10-19/h5-8,11-12,17,19,24H,9-10,13-16,18H2,1-4H3. The number of anilines is 1. The molecule has 1 aromatic carbocycles. The molecule has 3 aromatic heterocycles. The number of nitrogens with zero attached hydrogens (tertiary/aromatic N) is 6. The molecular formula is C29H35F3N6O6SSi. The molecule has 1 aliphatic rings. The Morgan fingerprint density at radius 2 is 1.76 bits per heavy atom. The van der Waals surface area contributed by atoms with Crippen molar-refractivity contribution >= 4 is 34.9 Å². The summed E-state index contributed by atoms with van der Waals surface area (Å²) in [5.74, 6) is -0.750. The molecule has 0 aliphatic heterocycles. The van der Waals surface area contributed by atoms with Crippen molar-refractivity contribution in [2.75, 3.05) is 37.1 Å². The number of rotatable bonds is 15. The molecule has 12 nitrogen and oxygen atoms in total. The fourth-order valence-corrected chi connectivity index (χ4v) is 6.25. The number of pyridine rings is 1. The van der Waals surface area contributed by atoms with E-state index in [0.29, 0.717) is 5.89 Å². The number of alkyl halides is 3. The van der Waals surface area contributed by atoms with E-state index in [0.717, 1.165) is 29.4 Å². The molecule has 0 N–H and O–H groups in total. The minimum absolute atomic E-state index is 0.159. The summed E-state index contributed by atoms with van der Waals surface area (Å²) < 4.78 is 93.2. The predicted molar refractivity (Wildman–Crippen MR) is 166 cm³/mol. The van der Waals surface area contributed by atoms with Crippen molar-refractivity contribution in [3.05, 3.63) is 54.0 Å². The quantitative estimate of drug-likeness (QED) is 0.0863. The Morgan fingerprint density at radius 1 is 1.04 bits per heavy atom. The maximum absolute atomic E-state index is 14.6. The minimum atomic E-state index is -4.95. The molecule has 3 heterocycles. The van der Waals surface area contributed by atoms with Crippen molar-refractivity contribution in [2.24, 2.45) is 0 Å². The van der Waals surface area contributed by atoms with E-state index < -0.39 is 54.6 Å². The fraction of sp³-hybridized carbons (Fsp3) is 0.483. The minimum Gasteiger partial charge on any atom is -0.457 e. The molecule has 0 bridgehead atoms. The van der Waals surface area contributed by atoms with Crippen molar-refractivity contribution in [3.63, 3.8) is 0 Å². The van der Waals surface area contributed by atoms with Gasteiger partial charge in [0.15, 0.2) is 0 Å². The topological polar surface area (TPSA) is 143 Å². The zero-order valence-electron chi connectivity index (χ0n) is 25.8. The highest BCUT2D eigenvalue weighted by Crippen LogP contribution is 2.41. The lowest BCUT2D eigenvalue weighted by Gasteiger charge is -2.27. The number of aromatic nitrogens is 5. The average molecular weight is 681 g/mol. The second-order valence-electron chi connectivity index (χ2n) is 12.1. The van der Waals surface area contributed by atoms with Crippen LogP contribution in [0.15, 0.2) is 47.1 Å². The summed E-state index contributed by atoms with van der Waals surface area (Å²) in [6.45, 7) is 5.97. The van der Waals surface area contributed by atoms with Crippen molar-refractivity contribution in [1.29, 1.82) is 0 Å². The van der Waals surface area contributed by atoms with Crippen LogP contribution in [0.2, 0.25) is 25.7 Å². The third-order valence-electron chi connectivity index (χ3n) is 7.06. The van der Waals surface area contributed by atoms with Crippen LogP contribution in [0.5, 0.6) is 5.88 Å². The van der Waals surface area contributed by atoms with E-state index in [2.05, 4.69) is 44.7 Å². The molecule has 1 fully saturated rings. The molecule has 1 saturated carbocycles. The van der Waals surface area contributed by atoms with Crippen LogP contribution in [0, 0.1) is 0 Å². The average Bonchev–Trinajstić information content (AvgIpc) is 3.73. The molecule has 0 saturated heterocycles. The smallest absolute Gasteiger partial charge is 0.429 e. The Labute approximate surface area is 265 Å². The Morgan fingerprint density at radius 3 is 2.37 bits per heavy atom. The van der Waals surface area contributed by atoms with E-state index in [1.54, 1.807) is 18.2 Å². The first-order valence-electron chi connectivity index (χ1n) is 14.6. The first-order valence-corrected chi connectivity index (χ1v) is 19.9. The van der Waals surface area contributed by atoms with Crippen LogP contribution in [-0.4, -0.2) is 80.6 Å². The number of para-hydroxylation sites is 2. The van der Waals surface area contributed by atoms with Gasteiger partial charge < -0.3 is 18.7 Å². The van der Waals surface area contributed by atoms with Gasteiger partial charge in [0.2, 0.25) is 33.7 Å². The van der Waals surface area contributed by atoms with Crippen molar-refractivity contribution in [3.8, 4) is 17.4 Å². The Hall–Kier alpha value is -3.67. The van der Waals surface area contributed by atoms with E-state index in [9.17, 15) is 21.6 Å². The van der Waals surface area contributed by atoms with Gasteiger partial charge in [0.1, 0.15) is 12.4 Å². The van der Waals surface area contributed by atoms with Gasteiger partial charge >= 0.3 is 6.18 Å². The first kappa shape index (κ1) is 33.7. The van der Waals surface area contributed by atoms with Crippen LogP contribution < -0.4 is 9.04 Å². The maximum Gasteiger partial charge on any atom is 0.429 e. The molecule has 4 aromatic rings. The van der Waals surface area contributed by atoms with Gasteiger partial charge in [0.05, 0.1) is 23.4 Å². The molecule has 1 aliphatic carbocycles. The van der Waals surface area contributed by atoms with Gasteiger partial charge in [-0.2, -0.15) is 18.2 Å². The Kier molecular flexibility index (Phi) is 9.95. The highest BCUT2D eigenvalue weighted by atomic mass is 32.2. The van der Waals surface area contributed by atoms with Gasteiger partial charge in [0.25, 0.3) is 5.88 Å². The summed E-state index contributed by atoms with van der Waals surface area (Å²) in [4.78, 5) is 17.1. The molecule has 1 atom stereocenters. The number of fused-ring (bicyclic) bond motifs is 1. The highest BCUT2D eigenvalue weighted by molar-refractivity contribution is 7.92. The molecular weight excluding hydrogens is 646 g/mol. The van der Waals surface area contributed by atoms with E-state index in [-0.39, 0.29) is 47.2 Å². The zero-order valence-corrected chi connectivity index (χ0v) is 27.6. The Bertz CT molecular complexity index is 1750. The molecule has 0 amide bonds. The van der Waals surface area contributed by atoms with Crippen molar-refractivity contribution in [1.82, 2.24) is 25.1 Å². The third-order valence-corrected chi connectivity index (χ3v) is 10.4. The van der Waals surface area contributed by atoms with Crippen LogP contribution in [0.4, 0.5) is 19.0 Å². The van der Waals surface area contributed by atoms with Gasteiger partial charge in [-0.25, -0.2) is 22.7 Å². The van der Waals surface area contributed by atoms with Crippen LogP contribution in [0.1, 0.15) is 36.3 Å². The predicted octanol–water partition coefficient (Wildman–Crippen LogP) is 5.73. The summed E-state index contributed by atoms with van der Waals surface area (Å²) in [6.07, 6.45) is -4.65. The zero-order chi connectivity index (χ0) is 33.1. The van der Waals surface area contributed by atoms with Crippen LogP contribution in [-0.2, 0) is 19.5 Å². The second kappa shape index (κ2) is 13.6. The number of halogens is 3. The molecule has 248 valence electrons. The number of hydrogen-bond acceptors (Lipinski definition) is 11. The summed E-state index contributed by atoms with van der Waals surface area (Å²) in [5.41, 5.74) is 0.313. The third kappa shape index (κ3) is 8.37. The molecule has 0 spiro atoms. The summed E-state index contributed by atoms with van der Waals surface area (Å²) >= 11 is 0. The number of ether oxygens (including phenoxy) is 3. The lowest BCUT2D eigenvalue weighted by molar-refractivity contribution is -0.198. The molecule has 0 radical (unpaired) electrons. The normalized spacial score (nSPS) is 14.8. The van der Waals surface area contributed by atoms with E-state index in [4.69, 9.17) is 18.7 Å². The summed E-state index contributed by atoms with van der Waals surface area (Å²) in [7, 11) is -4.42. The number of hydrogen-bond donors (Lipinski definition) is 0. The maximum atomic E-state index is 14.6. The Balaban J connectivity index is 1.52. The summed E-state index contributed by atoms with van der Waals surface area (Å²) in [6, 6.07) is 9.64. The highest BCUT2D eigenvalue weighted by Gasteiger charge is 2.45. The van der Waals surface area contributed by atoms with Gasteiger partial charge in [-0.3, -0.25) is 4.98 Å². The summed E-state index contributed by atoms with van der Waals surface area (Å²) in [5, 5.41) is 3.89. The van der Waals surface area contributed by atoms with E-state index >= 15 is 0 Å². The number of benzene rings is 1. The largest absolute Gasteiger partial charge is 0.457 e. The first-order chi connectivity index (χ1) is 21.7. The van der Waals surface area contributed by atoms with Crippen molar-refractivity contribution in [2.45, 2.75) is 56.7 Å². The lowest BCUT2D eigenvalue weighted by Crippen LogP contribution is -2.38. The lowest BCUT2D eigenvalue weighted by atomic mass is 10.1. The van der Waals surface area contributed by atoms with E-state index in [1.807, 2.05) is 0 Å². The van der Waals surface area contributed by atoms with Crippen molar-refractivity contribution < 1.29 is 40.3 Å². The van der Waals surface area contributed by atoms with Crippen LogP contribution in [0.25, 0.3) is 22.6 Å². The van der Waals surface area contributed by atoms with Crippen LogP contribution >= 0.6 is 0 Å². The number of methoxy groups -OCH3 is 1. The fourth-order valence-electron chi connectivity index (χ4n) is 4.28. The number of sulfonamides is 1. The van der Waals surface area contributed by atoms with Crippen LogP contribution in [0.3, 0.4) is 0 Å². The molecule has 46 heavy (non-hydrogen) atoms. The van der Waals surface area contributed by atoms with Gasteiger partial charge in [0, 0.05) is 39.5 Å². The van der Waals surface area contributed by atoms with Gasteiger partial charge in [-0.15, -0.1) is 0 Å². The SMILES string of the molecule is COCCS(=O)(=O)N(COCC[Si](C)(C)C)c1nc2ccccc2nc1OC(c1ccc(-c2noc(C3CC3)n2)nc1)C(F)(F)F. The molecule has 1 unspecified atom stereocenters. The van der Waals surface area contributed by atoms with Gasteiger partial charge in [-0.05, 0) is 37.1 Å².